The van der Waals surface area contributed by atoms with E-state index in [9.17, 15) is 14.7 Å². The molecule has 0 aliphatic rings. The van der Waals surface area contributed by atoms with Crippen molar-refractivity contribution >= 4 is 11.9 Å². The Hall–Kier alpha value is -1.10. The molecule has 0 aliphatic heterocycles. The van der Waals surface area contributed by atoms with E-state index in [0.29, 0.717) is 12.8 Å². The number of rotatable bonds is 34. The molecule has 5 nitrogen and oxygen atoms in total. The average molecular weight is 611 g/mol. The van der Waals surface area contributed by atoms with Crippen LogP contribution in [0, 0.1) is 5.92 Å². The molecule has 5 heteroatoms. The van der Waals surface area contributed by atoms with Gasteiger partial charge < -0.3 is 14.6 Å². The van der Waals surface area contributed by atoms with Gasteiger partial charge in [-0.3, -0.25) is 9.59 Å². The Labute approximate surface area is 268 Å². The second kappa shape index (κ2) is 33.8. The van der Waals surface area contributed by atoms with Crippen molar-refractivity contribution in [2.75, 3.05) is 13.2 Å². The lowest BCUT2D eigenvalue weighted by molar-refractivity contribution is -0.152. The second-order valence-corrected chi connectivity index (χ2v) is 13.5. The van der Waals surface area contributed by atoms with Gasteiger partial charge >= 0.3 is 11.9 Å². The van der Waals surface area contributed by atoms with Crippen LogP contribution in [-0.2, 0) is 19.1 Å². The van der Waals surface area contributed by atoms with Gasteiger partial charge in [-0.1, -0.05) is 181 Å². The smallest absolute Gasteiger partial charge is 0.305 e. The Kier molecular flexibility index (Phi) is 32.9. The maximum absolute atomic E-state index is 11.9. The molecule has 43 heavy (non-hydrogen) atoms. The Morgan fingerprint density at radius 1 is 0.465 bits per heavy atom. The van der Waals surface area contributed by atoms with E-state index in [4.69, 9.17) is 9.47 Å². The lowest BCUT2D eigenvalue weighted by atomic mass is 10.0. The maximum Gasteiger partial charge on any atom is 0.305 e. The first-order chi connectivity index (χ1) is 21.0. The highest BCUT2D eigenvalue weighted by atomic mass is 16.6. The first-order valence-corrected chi connectivity index (χ1v) is 18.9. The summed E-state index contributed by atoms with van der Waals surface area (Å²) in [5.74, 6) is 0.299. The predicted molar refractivity (Wildman–Crippen MR) is 182 cm³/mol. The molecule has 0 saturated carbocycles. The lowest BCUT2D eigenvalue weighted by Crippen LogP contribution is -2.25. The normalized spacial score (nSPS) is 12.1. The van der Waals surface area contributed by atoms with Gasteiger partial charge in [0, 0.05) is 12.8 Å². The first-order valence-electron chi connectivity index (χ1n) is 18.9. The number of unbranched alkanes of at least 4 members (excludes halogenated alkanes) is 24. The van der Waals surface area contributed by atoms with Crippen LogP contribution in [0.2, 0.25) is 0 Å². The summed E-state index contributed by atoms with van der Waals surface area (Å²) in [5, 5.41) is 9.99. The Balaban J connectivity index is 3.38. The van der Waals surface area contributed by atoms with Crippen LogP contribution in [0.5, 0.6) is 0 Å². The van der Waals surface area contributed by atoms with Gasteiger partial charge in [-0.05, 0) is 18.8 Å². The van der Waals surface area contributed by atoms with E-state index in [1.54, 1.807) is 0 Å². The van der Waals surface area contributed by atoms with Crippen LogP contribution >= 0.6 is 0 Å². The first kappa shape index (κ1) is 41.9. The molecular formula is C38H74O5. The minimum Gasteiger partial charge on any atom is -0.463 e. The third-order valence-corrected chi connectivity index (χ3v) is 8.52. The number of hydrogen-bond donors (Lipinski definition) is 1. The molecule has 256 valence electrons. The van der Waals surface area contributed by atoms with Crippen molar-refractivity contribution in [1.29, 1.82) is 0 Å². The van der Waals surface area contributed by atoms with Gasteiger partial charge in [-0.25, -0.2) is 0 Å². The van der Waals surface area contributed by atoms with Crippen molar-refractivity contribution in [3.8, 4) is 0 Å². The number of ether oxygens (including phenoxy) is 2. The SMILES string of the molecule is CCCCCCCCCCCCCCC(=O)OC[C@H](O)COC(=O)CCCCCCCCCCCCCCCCC(C)C. The van der Waals surface area contributed by atoms with Crippen molar-refractivity contribution in [2.24, 2.45) is 5.92 Å². The van der Waals surface area contributed by atoms with Gasteiger partial charge in [-0.2, -0.15) is 0 Å². The van der Waals surface area contributed by atoms with E-state index in [1.807, 2.05) is 0 Å². The third-order valence-electron chi connectivity index (χ3n) is 8.52. The molecule has 0 amide bonds. The highest BCUT2D eigenvalue weighted by Gasteiger charge is 2.12. The van der Waals surface area contributed by atoms with Crippen LogP contribution in [0.4, 0.5) is 0 Å². The van der Waals surface area contributed by atoms with Crippen LogP contribution in [0.25, 0.3) is 0 Å². The standard InChI is InChI=1S/C38H74O5/c1-4-5-6-7-8-9-10-16-19-22-25-28-31-37(40)42-33-36(39)34-43-38(41)32-29-26-23-20-17-14-12-11-13-15-18-21-24-27-30-35(2)3/h35-36,39H,4-34H2,1-3H3/t36-/m0/s1. The van der Waals surface area contributed by atoms with Crippen molar-refractivity contribution in [3.63, 3.8) is 0 Å². The van der Waals surface area contributed by atoms with Crippen LogP contribution in [0.3, 0.4) is 0 Å². The number of aliphatic hydroxyl groups is 1. The molecule has 0 heterocycles. The predicted octanol–water partition coefficient (Wildman–Crippen LogP) is 11.4. The summed E-state index contributed by atoms with van der Waals surface area (Å²) < 4.78 is 10.3. The van der Waals surface area contributed by atoms with Crippen molar-refractivity contribution in [1.82, 2.24) is 0 Å². The molecule has 0 rings (SSSR count). The zero-order valence-electron chi connectivity index (χ0n) is 29.2. The number of carbonyl (C=O) groups is 2. The van der Waals surface area contributed by atoms with E-state index in [0.717, 1.165) is 31.6 Å². The van der Waals surface area contributed by atoms with Crippen LogP contribution in [-0.4, -0.2) is 36.4 Å². The fourth-order valence-corrected chi connectivity index (χ4v) is 5.62. The highest BCUT2D eigenvalue weighted by molar-refractivity contribution is 5.69. The molecule has 0 saturated heterocycles. The topological polar surface area (TPSA) is 72.8 Å². The fourth-order valence-electron chi connectivity index (χ4n) is 5.62. The Bertz CT molecular complexity index is 591. The molecule has 0 aromatic carbocycles. The highest BCUT2D eigenvalue weighted by Crippen LogP contribution is 2.15. The minimum atomic E-state index is -0.954. The molecule has 0 aliphatic carbocycles. The van der Waals surface area contributed by atoms with E-state index in [-0.39, 0.29) is 25.2 Å². The quantitative estimate of drug-likeness (QED) is 0.0579. The van der Waals surface area contributed by atoms with Gasteiger partial charge in [-0.15, -0.1) is 0 Å². The average Bonchev–Trinajstić information content (AvgIpc) is 2.99. The zero-order valence-corrected chi connectivity index (χ0v) is 29.2. The molecule has 1 N–H and O–H groups in total. The van der Waals surface area contributed by atoms with Gasteiger partial charge in [0.2, 0.25) is 0 Å². The molecule has 0 aromatic heterocycles. The summed E-state index contributed by atoms with van der Waals surface area (Å²) >= 11 is 0. The molecule has 0 fully saturated rings. The van der Waals surface area contributed by atoms with E-state index >= 15 is 0 Å². The largest absolute Gasteiger partial charge is 0.463 e. The fraction of sp³-hybridized carbons (Fsp3) is 0.947. The summed E-state index contributed by atoms with van der Waals surface area (Å²) in [7, 11) is 0. The van der Waals surface area contributed by atoms with E-state index < -0.39 is 6.10 Å². The molecule has 0 unspecified atom stereocenters. The maximum atomic E-state index is 11.9. The summed E-state index contributed by atoms with van der Waals surface area (Å²) in [6.07, 6.45) is 34.4. The number of esters is 2. The monoisotopic (exact) mass is 611 g/mol. The summed E-state index contributed by atoms with van der Waals surface area (Å²) in [4.78, 5) is 23.9. The Morgan fingerprint density at radius 3 is 1.05 bits per heavy atom. The lowest BCUT2D eigenvalue weighted by Gasteiger charge is -2.12. The minimum absolute atomic E-state index is 0.108. The summed E-state index contributed by atoms with van der Waals surface area (Å²) in [5.41, 5.74) is 0. The van der Waals surface area contributed by atoms with Gasteiger partial charge in [0.05, 0.1) is 0 Å². The number of hydrogen-bond acceptors (Lipinski definition) is 5. The van der Waals surface area contributed by atoms with Crippen LogP contribution in [0.1, 0.15) is 207 Å². The summed E-state index contributed by atoms with van der Waals surface area (Å²) in [6, 6.07) is 0. The molecule has 0 bridgehead atoms. The van der Waals surface area contributed by atoms with Gasteiger partial charge in [0.25, 0.3) is 0 Å². The number of aliphatic hydroxyl groups excluding tert-OH is 1. The van der Waals surface area contributed by atoms with Crippen molar-refractivity contribution in [2.45, 2.75) is 213 Å². The molecule has 0 radical (unpaired) electrons. The van der Waals surface area contributed by atoms with Gasteiger partial charge in [0.1, 0.15) is 19.3 Å². The third kappa shape index (κ3) is 35.3. The zero-order chi connectivity index (χ0) is 31.6. The summed E-state index contributed by atoms with van der Waals surface area (Å²) in [6.45, 7) is 6.67. The molecule has 0 spiro atoms. The van der Waals surface area contributed by atoms with Gasteiger partial charge in [0.15, 0.2) is 0 Å². The Morgan fingerprint density at radius 2 is 0.744 bits per heavy atom. The van der Waals surface area contributed by atoms with Crippen molar-refractivity contribution in [3.05, 3.63) is 0 Å². The molecule has 1 atom stereocenters. The van der Waals surface area contributed by atoms with Crippen molar-refractivity contribution < 1.29 is 24.2 Å². The number of carbonyl (C=O) groups excluding carboxylic acids is 2. The van der Waals surface area contributed by atoms with Crippen LogP contribution in [0.15, 0.2) is 0 Å². The van der Waals surface area contributed by atoms with Crippen LogP contribution < -0.4 is 0 Å². The van der Waals surface area contributed by atoms with E-state index in [1.165, 1.54) is 148 Å². The molecular weight excluding hydrogens is 536 g/mol. The second-order valence-electron chi connectivity index (χ2n) is 13.5. The molecule has 0 aromatic rings. The van der Waals surface area contributed by atoms with E-state index in [2.05, 4.69) is 20.8 Å².